The Hall–Kier alpha value is -5.86. The first-order valence-corrected chi connectivity index (χ1v) is 16.0. The van der Waals surface area contributed by atoms with Crippen LogP contribution in [-0.4, -0.2) is 6.04 Å². The summed E-state index contributed by atoms with van der Waals surface area (Å²) in [6.07, 6.45) is 9.11. The van der Waals surface area contributed by atoms with E-state index in [0.29, 0.717) is 0 Å². The molecule has 1 heterocycles. The van der Waals surface area contributed by atoms with Crippen LogP contribution < -0.4 is 9.80 Å². The fourth-order valence-electron chi connectivity index (χ4n) is 7.48. The van der Waals surface area contributed by atoms with Gasteiger partial charge in [0.2, 0.25) is 0 Å². The van der Waals surface area contributed by atoms with Crippen LogP contribution in [0.15, 0.2) is 182 Å². The van der Waals surface area contributed by atoms with Crippen LogP contribution in [0.5, 0.6) is 0 Å². The molecule has 2 heteroatoms. The standard InChI is InChI=1S/C44H32N2/c1-3-15-35(16-4-1)45(42-23-12-24-43-44(42)40-20-9-10-22-41(40)46(43)36-17-5-2-6-18-36)37-28-27-31-25-26-33(29-34(31)30-37)39-21-11-14-32-13-7-8-19-38(32)39/h1-30,40-41H. The maximum atomic E-state index is 2.50. The Bertz CT molecular complexity index is 2280. The topological polar surface area (TPSA) is 6.48 Å². The average Bonchev–Trinajstić information content (AvgIpc) is 3.47. The molecule has 0 radical (unpaired) electrons. The maximum absolute atomic E-state index is 2.50. The molecular formula is C44H32N2. The molecule has 2 unspecified atom stereocenters. The lowest BCUT2D eigenvalue weighted by Crippen LogP contribution is -2.28. The van der Waals surface area contributed by atoms with Crippen LogP contribution in [0.3, 0.4) is 0 Å². The summed E-state index contributed by atoms with van der Waals surface area (Å²) in [6.45, 7) is 0. The summed E-state index contributed by atoms with van der Waals surface area (Å²) < 4.78 is 0. The van der Waals surface area contributed by atoms with Gasteiger partial charge in [-0.25, -0.2) is 0 Å². The zero-order valence-electron chi connectivity index (χ0n) is 25.4. The van der Waals surface area contributed by atoms with E-state index in [9.17, 15) is 0 Å². The van der Waals surface area contributed by atoms with Gasteiger partial charge in [0.05, 0.1) is 11.7 Å². The third kappa shape index (κ3) is 4.34. The molecule has 0 N–H and O–H groups in total. The van der Waals surface area contributed by atoms with Crippen LogP contribution in [0.4, 0.5) is 28.4 Å². The number of nitrogens with zero attached hydrogens (tertiary/aromatic N) is 2. The molecule has 7 aromatic carbocycles. The predicted octanol–water partition coefficient (Wildman–Crippen LogP) is 11.9. The van der Waals surface area contributed by atoms with Crippen molar-refractivity contribution in [2.45, 2.75) is 12.0 Å². The second-order valence-electron chi connectivity index (χ2n) is 12.1. The molecule has 46 heavy (non-hydrogen) atoms. The summed E-state index contributed by atoms with van der Waals surface area (Å²) in [5.41, 5.74) is 9.81. The van der Waals surface area contributed by atoms with Crippen LogP contribution in [0, 0.1) is 0 Å². The van der Waals surface area contributed by atoms with Crippen LogP contribution in [0.25, 0.3) is 32.7 Å². The largest absolute Gasteiger partial charge is 0.333 e. The minimum absolute atomic E-state index is 0.223. The Labute approximate surface area is 269 Å². The molecule has 2 nitrogen and oxygen atoms in total. The summed E-state index contributed by atoms with van der Waals surface area (Å²) >= 11 is 0. The number of hydrogen-bond acceptors (Lipinski definition) is 2. The van der Waals surface area contributed by atoms with E-state index >= 15 is 0 Å². The van der Waals surface area contributed by atoms with Crippen molar-refractivity contribution in [3.8, 4) is 11.1 Å². The van der Waals surface area contributed by atoms with Crippen molar-refractivity contribution in [3.05, 3.63) is 188 Å². The molecule has 0 saturated carbocycles. The molecule has 1 aliphatic carbocycles. The molecule has 2 atom stereocenters. The van der Waals surface area contributed by atoms with E-state index in [1.54, 1.807) is 0 Å². The summed E-state index contributed by atoms with van der Waals surface area (Å²) in [6, 6.07) is 57.6. The lowest BCUT2D eigenvalue weighted by atomic mass is 9.89. The Morgan fingerprint density at radius 2 is 1.24 bits per heavy atom. The van der Waals surface area contributed by atoms with Gasteiger partial charge in [0, 0.05) is 34.2 Å². The number of allylic oxidation sites excluding steroid dienone is 2. The molecule has 9 rings (SSSR count). The summed E-state index contributed by atoms with van der Waals surface area (Å²) in [5, 5.41) is 4.99. The Balaban J connectivity index is 1.23. The second-order valence-corrected chi connectivity index (χ2v) is 12.1. The number of benzene rings is 7. The van der Waals surface area contributed by atoms with E-state index in [1.807, 2.05) is 0 Å². The van der Waals surface area contributed by atoms with Gasteiger partial charge in [-0.2, -0.15) is 0 Å². The van der Waals surface area contributed by atoms with Gasteiger partial charge in [-0.1, -0.05) is 127 Å². The Kier molecular flexibility index (Phi) is 6.31. The number of fused-ring (bicyclic) bond motifs is 5. The molecule has 0 saturated heterocycles. The van der Waals surface area contributed by atoms with Crippen molar-refractivity contribution < 1.29 is 0 Å². The molecular weight excluding hydrogens is 556 g/mol. The minimum atomic E-state index is 0.223. The van der Waals surface area contributed by atoms with Crippen molar-refractivity contribution in [3.63, 3.8) is 0 Å². The first-order valence-electron chi connectivity index (χ1n) is 16.0. The fraction of sp³-hybridized carbons (Fsp3) is 0.0455. The van der Waals surface area contributed by atoms with Crippen LogP contribution in [0.2, 0.25) is 0 Å². The number of anilines is 5. The maximum Gasteiger partial charge on any atom is 0.0630 e. The van der Waals surface area contributed by atoms with Gasteiger partial charge in [0.25, 0.3) is 0 Å². The number of hydrogen-bond donors (Lipinski definition) is 0. The predicted molar refractivity (Wildman–Crippen MR) is 195 cm³/mol. The molecule has 0 aromatic heterocycles. The minimum Gasteiger partial charge on any atom is -0.333 e. The van der Waals surface area contributed by atoms with E-state index in [-0.39, 0.29) is 12.0 Å². The van der Waals surface area contributed by atoms with E-state index in [2.05, 4.69) is 192 Å². The van der Waals surface area contributed by atoms with Gasteiger partial charge in [0.1, 0.15) is 0 Å². The van der Waals surface area contributed by atoms with E-state index in [0.717, 1.165) is 11.4 Å². The van der Waals surface area contributed by atoms with Crippen molar-refractivity contribution in [2.24, 2.45) is 0 Å². The number of rotatable bonds is 5. The molecule has 0 amide bonds. The molecule has 2 aliphatic rings. The molecule has 0 spiro atoms. The van der Waals surface area contributed by atoms with Crippen molar-refractivity contribution >= 4 is 50.0 Å². The van der Waals surface area contributed by atoms with E-state index < -0.39 is 0 Å². The summed E-state index contributed by atoms with van der Waals surface area (Å²) in [5.74, 6) is 0.237. The quantitative estimate of drug-likeness (QED) is 0.197. The van der Waals surface area contributed by atoms with E-state index in [4.69, 9.17) is 0 Å². The summed E-state index contributed by atoms with van der Waals surface area (Å²) in [7, 11) is 0. The monoisotopic (exact) mass is 588 g/mol. The molecule has 218 valence electrons. The fourth-order valence-corrected chi connectivity index (χ4v) is 7.48. The van der Waals surface area contributed by atoms with Crippen LogP contribution >= 0.6 is 0 Å². The van der Waals surface area contributed by atoms with Crippen LogP contribution in [0.1, 0.15) is 11.5 Å². The van der Waals surface area contributed by atoms with Crippen LogP contribution in [-0.2, 0) is 0 Å². The summed E-state index contributed by atoms with van der Waals surface area (Å²) in [4.78, 5) is 4.95. The highest BCUT2D eigenvalue weighted by atomic mass is 15.2. The third-order valence-electron chi connectivity index (χ3n) is 9.53. The van der Waals surface area contributed by atoms with Gasteiger partial charge in [-0.15, -0.1) is 0 Å². The normalized spacial score (nSPS) is 16.5. The van der Waals surface area contributed by atoms with Crippen molar-refractivity contribution in [1.29, 1.82) is 0 Å². The highest BCUT2D eigenvalue weighted by molar-refractivity contribution is 6.00. The smallest absolute Gasteiger partial charge is 0.0630 e. The third-order valence-corrected chi connectivity index (χ3v) is 9.53. The van der Waals surface area contributed by atoms with Gasteiger partial charge in [-0.05, 0) is 87.3 Å². The van der Waals surface area contributed by atoms with Gasteiger partial charge in [0.15, 0.2) is 0 Å². The van der Waals surface area contributed by atoms with Crippen molar-refractivity contribution in [2.75, 3.05) is 9.80 Å². The molecule has 7 aromatic rings. The highest BCUT2D eigenvalue weighted by Gasteiger charge is 2.40. The first kappa shape index (κ1) is 26.5. The lowest BCUT2D eigenvalue weighted by Gasteiger charge is -2.29. The zero-order valence-corrected chi connectivity index (χ0v) is 25.4. The Morgan fingerprint density at radius 3 is 2.13 bits per heavy atom. The zero-order chi connectivity index (χ0) is 30.5. The number of para-hydroxylation sites is 2. The van der Waals surface area contributed by atoms with Gasteiger partial charge < -0.3 is 9.80 Å². The van der Waals surface area contributed by atoms with E-state index in [1.165, 1.54) is 55.3 Å². The van der Waals surface area contributed by atoms with Gasteiger partial charge in [-0.3, -0.25) is 0 Å². The lowest BCUT2D eigenvalue weighted by molar-refractivity contribution is 0.744. The van der Waals surface area contributed by atoms with Gasteiger partial charge >= 0.3 is 0 Å². The molecule has 1 aliphatic heterocycles. The highest BCUT2D eigenvalue weighted by Crippen LogP contribution is 2.53. The average molecular weight is 589 g/mol. The Morgan fingerprint density at radius 1 is 0.500 bits per heavy atom. The molecule has 0 bridgehead atoms. The second kappa shape index (κ2) is 10.9. The SMILES string of the molecule is C1=CC2c3c(N(c4ccccc4)c4ccc5ccc(-c6cccc7ccccc67)cc5c4)cccc3N(c3ccccc3)C2C=C1. The molecule has 0 fully saturated rings. The first-order chi connectivity index (χ1) is 22.8. The van der Waals surface area contributed by atoms with Crippen molar-refractivity contribution in [1.82, 2.24) is 0 Å².